The summed E-state index contributed by atoms with van der Waals surface area (Å²) < 4.78 is 5.40. The normalized spacial score (nSPS) is 14.9. The molecule has 0 radical (unpaired) electrons. The first-order chi connectivity index (χ1) is 13.2. The maximum absolute atomic E-state index is 12.3. The Morgan fingerprint density at radius 2 is 1.70 bits per heavy atom. The van der Waals surface area contributed by atoms with Gasteiger partial charge in [-0.25, -0.2) is 0 Å². The number of quaternary nitrogens is 1. The van der Waals surface area contributed by atoms with Crippen molar-refractivity contribution >= 4 is 17.7 Å². The summed E-state index contributed by atoms with van der Waals surface area (Å²) in [5, 5.41) is 3.01. The second kappa shape index (κ2) is 10.5. The Hall–Kier alpha value is -1.82. The molecule has 0 unspecified atom stereocenters. The first-order valence-electron chi connectivity index (χ1n) is 9.62. The topological polar surface area (TPSA) is 42.8 Å². The van der Waals surface area contributed by atoms with Crippen LogP contribution in [0.3, 0.4) is 0 Å². The van der Waals surface area contributed by atoms with E-state index >= 15 is 0 Å². The molecule has 5 heteroatoms. The largest absolute Gasteiger partial charge is 0.370 e. The van der Waals surface area contributed by atoms with Gasteiger partial charge in [-0.05, 0) is 24.6 Å². The minimum Gasteiger partial charge on any atom is -0.370 e. The van der Waals surface area contributed by atoms with Crippen molar-refractivity contribution in [2.24, 2.45) is 0 Å². The van der Waals surface area contributed by atoms with E-state index in [0.717, 1.165) is 49.9 Å². The van der Waals surface area contributed by atoms with Crippen LogP contribution < -0.4 is 10.2 Å². The quantitative estimate of drug-likeness (QED) is 0.684. The number of nitrogens with one attached hydrogen (secondary N) is 2. The smallest absolute Gasteiger partial charge is 0.251 e. The zero-order valence-corrected chi connectivity index (χ0v) is 16.8. The number of morpholine rings is 1. The minimum absolute atomic E-state index is 0.0104. The molecular weight excluding hydrogens is 356 g/mol. The summed E-state index contributed by atoms with van der Waals surface area (Å²) in [6.45, 7) is 7.60. The number of hydrogen-bond acceptors (Lipinski definition) is 3. The van der Waals surface area contributed by atoms with Crippen molar-refractivity contribution in [1.82, 2.24) is 5.32 Å². The van der Waals surface area contributed by atoms with Gasteiger partial charge in [0, 0.05) is 29.2 Å². The predicted octanol–water partition coefficient (Wildman–Crippen LogP) is 2.07. The summed E-state index contributed by atoms with van der Waals surface area (Å²) in [5.74, 6) is 1.91. The standard InChI is InChI=1S/C22H28N2O2S/c1-18-2-4-20(5-3-18)17-27-15-10-23-22(25)21-8-6-19(7-9-21)16-24-11-13-26-14-12-24/h2-9H,10-17H2,1H3,(H,23,25)/p+1. The van der Waals surface area contributed by atoms with Crippen LogP contribution in [0.4, 0.5) is 0 Å². The Labute approximate surface area is 166 Å². The Balaban J connectivity index is 1.35. The number of ether oxygens (including phenoxy) is 1. The van der Waals surface area contributed by atoms with Gasteiger partial charge in [0.15, 0.2) is 0 Å². The summed E-state index contributed by atoms with van der Waals surface area (Å²) in [5.41, 5.74) is 4.62. The van der Waals surface area contributed by atoms with E-state index in [-0.39, 0.29) is 5.91 Å². The first kappa shape index (κ1) is 19.9. The lowest BCUT2D eigenvalue weighted by molar-refractivity contribution is -0.921. The molecular formula is C22H29N2O2S+. The average Bonchev–Trinajstić information content (AvgIpc) is 2.70. The van der Waals surface area contributed by atoms with E-state index in [2.05, 4.69) is 48.6 Å². The molecule has 4 nitrogen and oxygen atoms in total. The predicted molar refractivity (Wildman–Crippen MR) is 111 cm³/mol. The molecule has 1 fully saturated rings. The van der Waals surface area contributed by atoms with Gasteiger partial charge in [0.2, 0.25) is 0 Å². The second-order valence-electron chi connectivity index (χ2n) is 7.03. The number of hydrogen-bond donors (Lipinski definition) is 2. The molecule has 0 aromatic heterocycles. The highest BCUT2D eigenvalue weighted by Crippen LogP contribution is 2.12. The van der Waals surface area contributed by atoms with E-state index in [0.29, 0.717) is 6.54 Å². The Kier molecular flexibility index (Phi) is 7.75. The summed E-state index contributed by atoms with van der Waals surface area (Å²) in [7, 11) is 0. The molecule has 0 bridgehead atoms. The molecule has 0 atom stereocenters. The first-order valence-corrected chi connectivity index (χ1v) is 10.8. The van der Waals surface area contributed by atoms with Crippen molar-refractivity contribution in [2.75, 3.05) is 38.6 Å². The van der Waals surface area contributed by atoms with Gasteiger partial charge < -0.3 is 15.0 Å². The van der Waals surface area contributed by atoms with Crippen molar-refractivity contribution in [1.29, 1.82) is 0 Å². The Morgan fingerprint density at radius 3 is 2.41 bits per heavy atom. The molecule has 3 rings (SSSR count). The average molecular weight is 386 g/mol. The fourth-order valence-electron chi connectivity index (χ4n) is 3.11. The summed E-state index contributed by atoms with van der Waals surface area (Å²) in [6, 6.07) is 16.6. The number of amides is 1. The Morgan fingerprint density at radius 1 is 1.04 bits per heavy atom. The minimum atomic E-state index is 0.0104. The van der Waals surface area contributed by atoms with E-state index in [1.165, 1.54) is 16.7 Å². The fourth-order valence-corrected chi connectivity index (χ4v) is 3.93. The molecule has 1 aliphatic heterocycles. The van der Waals surface area contributed by atoms with E-state index in [1.54, 1.807) is 4.90 Å². The Bertz CT molecular complexity index is 710. The van der Waals surface area contributed by atoms with Gasteiger partial charge in [-0.1, -0.05) is 42.0 Å². The molecule has 2 aromatic rings. The van der Waals surface area contributed by atoms with Crippen LogP contribution in [-0.2, 0) is 17.0 Å². The van der Waals surface area contributed by atoms with Crippen molar-refractivity contribution < 1.29 is 14.4 Å². The van der Waals surface area contributed by atoms with Crippen LogP contribution in [0.25, 0.3) is 0 Å². The molecule has 0 aliphatic carbocycles. The summed E-state index contributed by atoms with van der Waals surface area (Å²) in [4.78, 5) is 13.8. The number of aryl methyl sites for hydroxylation is 1. The highest BCUT2D eigenvalue weighted by atomic mass is 32.2. The van der Waals surface area contributed by atoms with Gasteiger partial charge in [-0.15, -0.1) is 0 Å². The maximum Gasteiger partial charge on any atom is 0.251 e. The van der Waals surface area contributed by atoms with Crippen LogP contribution in [0.5, 0.6) is 0 Å². The highest BCUT2D eigenvalue weighted by Gasteiger charge is 2.14. The van der Waals surface area contributed by atoms with Gasteiger partial charge in [0.25, 0.3) is 5.91 Å². The zero-order chi connectivity index (χ0) is 18.9. The lowest BCUT2D eigenvalue weighted by Gasteiger charge is -2.23. The molecule has 1 aliphatic rings. The fraction of sp³-hybridized carbons (Fsp3) is 0.409. The lowest BCUT2D eigenvalue weighted by atomic mass is 10.1. The van der Waals surface area contributed by atoms with Gasteiger partial charge in [0.05, 0.1) is 13.2 Å². The van der Waals surface area contributed by atoms with Crippen LogP contribution >= 0.6 is 11.8 Å². The van der Waals surface area contributed by atoms with Crippen LogP contribution in [0.15, 0.2) is 48.5 Å². The van der Waals surface area contributed by atoms with Crippen molar-refractivity contribution in [2.45, 2.75) is 19.2 Å². The molecule has 27 heavy (non-hydrogen) atoms. The molecule has 1 heterocycles. The third kappa shape index (κ3) is 6.69. The van der Waals surface area contributed by atoms with Gasteiger partial charge in [-0.2, -0.15) is 11.8 Å². The summed E-state index contributed by atoms with van der Waals surface area (Å²) in [6.07, 6.45) is 0. The highest BCUT2D eigenvalue weighted by molar-refractivity contribution is 7.98. The SMILES string of the molecule is Cc1ccc(CSCCNC(=O)c2ccc(C[NH+]3CCOCC3)cc2)cc1. The van der Waals surface area contributed by atoms with Crippen LogP contribution in [0.1, 0.15) is 27.0 Å². The molecule has 2 N–H and O–H groups in total. The third-order valence-corrected chi connectivity index (χ3v) is 5.82. The van der Waals surface area contributed by atoms with Crippen LogP contribution in [-0.4, -0.2) is 44.5 Å². The zero-order valence-electron chi connectivity index (χ0n) is 16.0. The molecule has 1 saturated heterocycles. The van der Waals surface area contributed by atoms with Crippen molar-refractivity contribution in [3.05, 3.63) is 70.8 Å². The molecule has 2 aromatic carbocycles. The van der Waals surface area contributed by atoms with Crippen molar-refractivity contribution in [3.63, 3.8) is 0 Å². The van der Waals surface area contributed by atoms with Crippen molar-refractivity contribution in [3.8, 4) is 0 Å². The molecule has 1 amide bonds. The number of carbonyl (C=O) groups excluding carboxylic acids is 1. The van der Waals surface area contributed by atoms with Crippen LogP contribution in [0.2, 0.25) is 0 Å². The van der Waals surface area contributed by atoms with Gasteiger partial charge in [0.1, 0.15) is 19.6 Å². The lowest BCUT2D eigenvalue weighted by Crippen LogP contribution is -3.12. The third-order valence-electron chi connectivity index (χ3n) is 4.79. The van der Waals surface area contributed by atoms with E-state index < -0.39 is 0 Å². The van der Waals surface area contributed by atoms with E-state index in [4.69, 9.17) is 4.74 Å². The maximum atomic E-state index is 12.3. The number of carbonyl (C=O) groups is 1. The van der Waals surface area contributed by atoms with Gasteiger partial charge in [-0.3, -0.25) is 4.79 Å². The second-order valence-corrected chi connectivity index (χ2v) is 8.14. The van der Waals surface area contributed by atoms with E-state index in [9.17, 15) is 4.79 Å². The van der Waals surface area contributed by atoms with Crippen LogP contribution in [0, 0.1) is 6.92 Å². The summed E-state index contributed by atoms with van der Waals surface area (Å²) >= 11 is 1.84. The van der Waals surface area contributed by atoms with E-state index in [1.807, 2.05) is 23.9 Å². The van der Waals surface area contributed by atoms with Gasteiger partial charge >= 0.3 is 0 Å². The number of thioether (sulfide) groups is 1. The molecule has 0 spiro atoms. The number of rotatable bonds is 8. The number of benzene rings is 2. The monoisotopic (exact) mass is 385 g/mol. The molecule has 0 saturated carbocycles. The molecule has 144 valence electrons.